The Labute approximate surface area is 529 Å². The molecule has 0 radical (unpaired) electrons. The van der Waals surface area contributed by atoms with Crippen LogP contribution in [0.5, 0.6) is 0 Å². The number of nitrogens with zero attached hydrogens (tertiary/aromatic N) is 8. The van der Waals surface area contributed by atoms with Crippen LogP contribution in [0, 0.1) is 11.6 Å². The number of hydrogen-bond acceptors (Lipinski definition) is 17. The number of likely N-dealkylation sites (N-methyl/N-ethyl adjacent to an activating group) is 2. The molecule has 90 heavy (non-hydrogen) atoms. The molecule has 488 valence electrons. The zero-order chi connectivity index (χ0) is 64.5. The van der Waals surface area contributed by atoms with Crippen molar-refractivity contribution >= 4 is 88.6 Å². The number of ether oxygens (including phenoxy) is 3. The molecule has 5 N–H and O–H groups in total. The van der Waals surface area contributed by atoms with E-state index in [-0.39, 0.29) is 99.5 Å². The van der Waals surface area contributed by atoms with E-state index in [2.05, 4.69) is 16.0 Å². The van der Waals surface area contributed by atoms with Gasteiger partial charge in [0.1, 0.15) is 29.4 Å². The highest BCUT2D eigenvalue weighted by Crippen LogP contribution is 2.31. The number of piperazine rings is 2. The molecule has 8 rings (SSSR count). The number of nitrogens with one attached hydrogen (secondary N) is 3. The highest BCUT2D eigenvalue weighted by molar-refractivity contribution is 5.99. The number of carbonyl (C=O) groups is 9. The lowest BCUT2D eigenvalue weighted by Crippen LogP contribution is -2.49. The number of ketones is 2. The molecular weight excluding hydrogens is 1190 g/mol. The third-order valence-corrected chi connectivity index (χ3v) is 14.9. The Bertz CT molecular complexity index is 3170. The van der Waals surface area contributed by atoms with Gasteiger partial charge in [-0.3, -0.25) is 38.6 Å². The Morgan fingerprint density at radius 1 is 0.567 bits per heavy atom. The Morgan fingerprint density at radius 2 is 0.956 bits per heavy atom. The smallest absolute Gasteiger partial charge is 0.414 e. The fraction of sp³-hybridized carbons (Fsp3) is 0.476. The van der Waals surface area contributed by atoms with E-state index in [1.165, 1.54) is 21.9 Å². The summed E-state index contributed by atoms with van der Waals surface area (Å²) in [7, 11) is 7.27. The molecule has 0 saturated carbocycles. The van der Waals surface area contributed by atoms with Crippen LogP contribution in [0.4, 0.5) is 45.9 Å². The monoisotopic (exact) mass is 1270 g/mol. The van der Waals surface area contributed by atoms with Crippen molar-refractivity contribution in [1.82, 2.24) is 35.6 Å². The lowest BCUT2D eigenvalue weighted by Gasteiger charge is -2.36. The van der Waals surface area contributed by atoms with Crippen molar-refractivity contribution in [2.75, 3.05) is 139 Å². The second-order valence-corrected chi connectivity index (χ2v) is 23.6. The van der Waals surface area contributed by atoms with E-state index in [9.17, 15) is 47.5 Å². The first-order chi connectivity index (χ1) is 42.3. The Hall–Kier alpha value is -8.46. The van der Waals surface area contributed by atoms with Gasteiger partial charge < -0.3 is 65.3 Å². The first-order valence-corrected chi connectivity index (χ1v) is 29.7. The van der Waals surface area contributed by atoms with Crippen LogP contribution in [0.15, 0.2) is 84.9 Å². The molecule has 2 atom stereocenters. The maximum Gasteiger partial charge on any atom is 0.414 e. The number of nitrogens with two attached hydrogens (primary N) is 1. The summed E-state index contributed by atoms with van der Waals surface area (Å²) in [6.45, 7) is 10.6. The number of hydrogen-bond donors (Lipinski definition) is 4. The van der Waals surface area contributed by atoms with E-state index in [0.29, 0.717) is 112 Å². The highest BCUT2D eigenvalue weighted by atomic mass is 35.5. The minimum atomic E-state index is -0.658. The third kappa shape index (κ3) is 20.8. The zero-order valence-electron chi connectivity index (χ0n) is 52.1. The zero-order valence-corrected chi connectivity index (χ0v) is 52.9. The van der Waals surface area contributed by atoms with Gasteiger partial charge in [-0.25, -0.2) is 23.2 Å². The van der Waals surface area contributed by atoms with Gasteiger partial charge in [-0.2, -0.15) is 0 Å². The number of carbonyl (C=O) groups excluding carboxylic acids is 9. The summed E-state index contributed by atoms with van der Waals surface area (Å²) in [5.74, 6) is -1.65. The molecule has 4 aliphatic heterocycles. The molecule has 4 aromatic rings. The van der Waals surface area contributed by atoms with Crippen LogP contribution < -0.4 is 41.3 Å². The fourth-order valence-corrected chi connectivity index (χ4v) is 10.2. The van der Waals surface area contributed by atoms with Crippen molar-refractivity contribution in [1.29, 1.82) is 0 Å². The van der Waals surface area contributed by atoms with Crippen LogP contribution in [0.3, 0.4) is 0 Å². The van der Waals surface area contributed by atoms with Crippen molar-refractivity contribution in [3.63, 3.8) is 0 Å². The Morgan fingerprint density at radius 3 is 1.31 bits per heavy atom. The van der Waals surface area contributed by atoms with Crippen molar-refractivity contribution in [3.05, 3.63) is 119 Å². The largest absolute Gasteiger partial charge is 0.444 e. The summed E-state index contributed by atoms with van der Waals surface area (Å²) in [4.78, 5) is 124. The van der Waals surface area contributed by atoms with E-state index in [1.807, 2.05) is 38.0 Å². The van der Waals surface area contributed by atoms with Gasteiger partial charge in [-0.15, -0.1) is 12.4 Å². The summed E-state index contributed by atoms with van der Waals surface area (Å²) in [6.07, 6.45) is -2.49. The number of cyclic esters (lactones) is 2. The van der Waals surface area contributed by atoms with Crippen LogP contribution in [0.25, 0.3) is 0 Å². The number of Topliss-reactive ketones (excluding diaryl/α,β-unsaturated/α-hetero) is 2. The highest BCUT2D eigenvalue weighted by Gasteiger charge is 2.35. The van der Waals surface area contributed by atoms with E-state index in [4.69, 9.17) is 19.9 Å². The van der Waals surface area contributed by atoms with Gasteiger partial charge in [0.15, 0.2) is 11.6 Å². The molecular formula is C63H83ClF2N12O12. The standard InChI is InChI=1S/C34H45FN6O7.C29H37FN6O5.ClH/c1-34(2,3)48-32(45)37-20-26-21-41(33(46)47-26)25-10-11-28(27(35)18-25)39-14-16-40(17-15-39)31(44)13-12-29(42)24-8-6-23(7-9-24)19-36-30(43)22-38(4)5;1-33(2)19-27(38)32-17-20-3-5-21(6-4-20)26(37)9-10-28(39)35-13-11-34(12-14-35)25-8-7-22(15-24(25)30)36-18-23(16-31)41-29(36)40;/h6-11,18,26H,12-17,19-22H2,1-5H3,(H,36,43)(H,37,45);3-8,15,23H,9-14,16-19,31H2,1-2H3,(H,32,38);1H/t26-;23-;/m00./s1. The maximum absolute atomic E-state index is 15.3. The molecule has 0 aromatic heterocycles. The van der Waals surface area contributed by atoms with Gasteiger partial charge in [-0.1, -0.05) is 48.5 Å². The lowest BCUT2D eigenvalue weighted by molar-refractivity contribution is -0.132. The normalized spacial score (nSPS) is 16.6. The summed E-state index contributed by atoms with van der Waals surface area (Å²) in [5.41, 5.74) is 9.19. The third-order valence-electron chi connectivity index (χ3n) is 14.9. The number of rotatable bonds is 23. The number of benzene rings is 4. The van der Waals surface area contributed by atoms with Crippen LogP contribution in [0.1, 0.15) is 78.3 Å². The van der Waals surface area contributed by atoms with Gasteiger partial charge in [0.2, 0.25) is 23.6 Å². The lowest BCUT2D eigenvalue weighted by atomic mass is 10.0. The number of halogens is 3. The molecule has 4 aliphatic rings. The van der Waals surface area contributed by atoms with Crippen molar-refractivity contribution in [2.24, 2.45) is 5.73 Å². The summed E-state index contributed by atoms with van der Waals surface area (Å²) in [6, 6.07) is 23.1. The molecule has 24 nitrogen and oxygen atoms in total. The molecule has 0 bridgehead atoms. The molecule has 4 fully saturated rings. The number of alkyl carbamates (subject to hydrolysis) is 1. The summed E-state index contributed by atoms with van der Waals surface area (Å²) >= 11 is 0. The molecule has 7 amide bonds. The van der Waals surface area contributed by atoms with Crippen LogP contribution in [-0.4, -0.2) is 211 Å². The summed E-state index contributed by atoms with van der Waals surface area (Å²) < 4.78 is 45.9. The molecule has 0 unspecified atom stereocenters. The molecule has 27 heteroatoms. The number of amides is 7. The molecule has 0 spiro atoms. The topological polar surface area (TPSA) is 269 Å². The van der Waals surface area contributed by atoms with Crippen LogP contribution in [-0.2, 0) is 46.5 Å². The molecule has 4 heterocycles. The average molecular weight is 1270 g/mol. The van der Waals surface area contributed by atoms with Crippen molar-refractivity contribution in [2.45, 2.75) is 77.4 Å². The predicted octanol–water partition coefficient (Wildman–Crippen LogP) is 5.19. The minimum absolute atomic E-state index is 0. The predicted molar refractivity (Wildman–Crippen MR) is 337 cm³/mol. The fourth-order valence-electron chi connectivity index (χ4n) is 10.2. The van der Waals surface area contributed by atoms with Gasteiger partial charge in [0.25, 0.3) is 0 Å². The van der Waals surface area contributed by atoms with E-state index < -0.39 is 47.7 Å². The van der Waals surface area contributed by atoms with Crippen molar-refractivity contribution < 1.29 is 66.1 Å². The van der Waals surface area contributed by atoms with Crippen molar-refractivity contribution in [3.8, 4) is 0 Å². The second kappa shape index (κ2) is 32.9. The van der Waals surface area contributed by atoms with Gasteiger partial charge >= 0.3 is 18.3 Å². The SMILES string of the molecule is CN(C)CC(=O)NCc1ccc(C(=O)CCC(=O)N2CCN(c3ccc(N4C[C@H](CN)OC4=O)cc3F)CC2)cc1.CN(C)CC(=O)NCc1ccc(C(=O)CCC(=O)N2CCN(c3ccc(N4C[C@H](CNC(=O)OC(C)(C)C)OC4=O)cc3F)CC2)cc1.Cl. The molecule has 4 saturated heterocycles. The minimum Gasteiger partial charge on any atom is -0.444 e. The van der Waals surface area contributed by atoms with Gasteiger partial charge in [0, 0.05) is 109 Å². The van der Waals surface area contributed by atoms with E-state index in [1.54, 1.807) is 113 Å². The maximum atomic E-state index is 15.3. The average Bonchev–Trinajstić information content (AvgIpc) is 1.70. The number of anilines is 4. The van der Waals surface area contributed by atoms with Crippen LogP contribution in [0.2, 0.25) is 0 Å². The Kier molecular flexibility index (Phi) is 25.8. The molecule has 4 aromatic carbocycles. The first kappa shape index (κ1) is 70.6. The van der Waals surface area contributed by atoms with Gasteiger partial charge in [-0.05, 0) is 96.5 Å². The van der Waals surface area contributed by atoms with Crippen LogP contribution >= 0.6 is 12.4 Å². The quantitative estimate of drug-likeness (QED) is 0.0550. The van der Waals surface area contributed by atoms with E-state index in [0.717, 1.165) is 11.1 Å². The second-order valence-electron chi connectivity index (χ2n) is 23.6. The Balaban J connectivity index is 0.000000287. The molecule has 0 aliphatic carbocycles. The summed E-state index contributed by atoms with van der Waals surface area (Å²) in [5, 5.41) is 8.24. The van der Waals surface area contributed by atoms with Gasteiger partial charge in [0.05, 0.1) is 55.5 Å². The van der Waals surface area contributed by atoms with E-state index >= 15 is 4.39 Å². The first-order valence-electron chi connectivity index (χ1n) is 29.7.